The molecule has 1 heterocycles. The van der Waals surface area contributed by atoms with Crippen LogP contribution in [0.15, 0.2) is 72.8 Å². The van der Waals surface area contributed by atoms with Crippen molar-refractivity contribution in [3.63, 3.8) is 0 Å². The number of fused-ring (bicyclic) bond motifs is 1. The van der Waals surface area contributed by atoms with E-state index in [0.717, 1.165) is 24.5 Å². The number of rotatable bonds is 9. The van der Waals surface area contributed by atoms with E-state index in [2.05, 4.69) is 74.5 Å². The van der Waals surface area contributed by atoms with Crippen molar-refractivity contribution in [3.8, 4) is 11.5 Å². The summed E-state index contributed by atoms with van der Waals surface area (Å²) in [6.45, 7) is 6.21. The molecule has 1 saturated heterocycles. The average molecular weight is 479 g/mol. The Kier molecular flexibility index (Phi) is 6.32. The van der Waals surface area contributed by atoms with Gasteiger partial charge in [0, 0.05) is 5.41 Å². The summed E-state index contributed by atoms with van der Waals surface area (Å²) < 4.78 is 16.9. The van der Waals surface area contributed by atoms with Crippen molar-refractivity contribution in [1.82, 2.24) is 0 Å². The van der Waals surface area contributed by atoms with E-state index in [0.29, 0.717) is 6.61 Å². The normalized spacial score (nSPS) is 23.2. The van der Waals surface area contributed by atoms with E-state index < -0.39 is 6.10 Å². The quantitative estimate of drug-likeness (QED) is 0.328. The first kappa shape index (κ1) is 23.2. The molecule has 0 amide bonds. The Morgan fingerprint density at radius 1 is 0.912 bits per heavy atom. The molecule has 0 radical (unpaired) electrons. The summed E-state index contributed by atoms with van der Waals surface area (Å²) in [5.74, 6) is 1.74. The fourth-order valence-corrected chi connectivity index (χ4v) is 5.33. The summed E-state index contributed by atoms with van der Waals surface area (Å²) in [5.41, 5.74) is 4.92. The Bertz CT molecular complexity index is 1120. The number of hydrogen-bond donors (Lipinski definition) is 1. The number of alkyl halides is 1. The van der Waals surface area contributed by atoms with Crippen molar-refractivity contribution in [1.29, 1.82) is 0 Å². The molecule has 2 aliphatic rings. The van der Waals surface area contributed by atoms with Crippen LogP contribution in [0.2, 0.25) is 0 Å². The Hall–Kier alpha value is -2.53. The third-order valence-corrected chi connectivity index (χ3v) is 7.33. The number of epoxide rings is 1. The van der Waals surface area contributed by atoms with E-state index in [1.54, 1.807) is 0 Å². The van der Waals surface area contributed by atoms with E-state index in [1.807, 2.05) is 12.1 Å². The molecule has 1 aliphatic heterocycles. The molecule has 0 saturated carbocycles. The van der Waals surface area contributed by atoms with Crippen molar-refractivity contribution in [3.05, 3.63) is 95.1 Å². The van der Waals surface area contributed by atoms with Crippen LogP contribution in [0.5, 0.6) is 11.5 Å². The summed E-state index contributed by atoms with van der Waals surface area (Å²) in [6.07, 6.45) is 0.517. The van der Waals surface area contributed by atoms with Gasteiger partial charge >= 0.3 is 0 Å². The minimum absolute atomic E-state index is 0.0225. The first-order chi connectivity index (χ1) is 16.4. The summed E-state index contributed by atoms with van der Waals surface area (Å²) in [7, 11) is 0. The molecule has 3 unspecified atom stereocenters. The van der Waals surface area contributed by atoms with Crippen molar-refractivity contribution < 1.29 is 19.3 Å². The lowest BCUT2D eigenvalue weighted by molar-refractivity contribution is 0.125. The van der Waals surface area contributed by atoms with Crippen molar-refractivity contribution in [2.75, 3.05) is 25.7 Å². The van der Waals surface area contributed by atoms with Crippen molar-refractivity contribution in [2.45, 2.75) is 43.3 Å². The molecule has 0 aromatic heterocycles. The maximum atomic E-state index is 9.72. The van der Waals surface area contributed by atoms with E-state index in [1.165, 1.54) is 22.3 Å². The summed E-state index contributed by atoms with van der Waals surface area (Å²) in [4.78, 5) is 0. The lowest BCUT2D eigenvalue weighted by atomic mass is 9.68. The molecule has 3 aromatic rings. The molecule has 5 heteroatoms. The molecule has 1 N–H and O–H groups in total. The highest BCUT2D eigenvalue weighted by molar-refractivity contribution is 6.18. The molecule has 1 aliphatic carbocycles. The van der Waals surface area contributed by atoms with Gasteiger partial charge in [-0.2, -0.15) is 0 Å². The monoisotopic (exact) mass is 478 g/mol. The summed E-state index contributed by atoms with van der Waals surface area (Å²) in [5, 5.41) is 9.72. The van der Waals surface area contributed by atoms with Crippen LogP contribution < -0.4 is 9.47 Å². The van der Waals surface area contributed by atoms with E-state index >= 15 is 0 Å². The average Bonchev–Trinajstić information content (AvgIpc) is 3.66. The molecule has 3 aromatic carbocycles. The number of aliphatic hydroxyl groups excluding tert-OH is 1. The van der Waals surface area contributed by atoms with Gasteiger partial charge in [0.1, 0.15) is 36.9 Å². The zero-order chi connectivity index (χ0) is 23.8. The van der Waals surface area contributed by atoms with Crippen LogP contribution in [0.1, 0.15) is 42.5 Å². The number of hydrogen-bond acceptors (Lipinski definition) is 4. The first-order valence-electron chi connectivity index (χ1n) is 11.8. The predicted molar refractivity (Wildman–Crippen MR) is 134 cm³/mol. The molecular weight excluding hydrogens is 448 g/mol. The van der Waals surface area contributed by atoms with Crippen LogP contribution >= 0.6 is 11.6 Å². The molecule has 3 atom stereocenters. The Morgan fingerprint density at radius 2 is 1.47 bits per heavy atom. The summed E-state index contributed by atoms with van der Waals surface area (Å²) in [6, 6.07) is 25.6. The van der Waals surface area contributed by atoms with Gasteiger partial charge in [-0.05, 0) is 58.4 Å². The van der Waals surface area contributed by atoms with Gasteiger partial charge < -0.3 is 19.3 Å². The Morgan fingerprint density at radius 3 is 2.03 bits per heavy atom. The van der Waals surface area contributed by atoms with Gasteiger partial charge in [-0.25, -0.2) is 0 Å². The molecule has 5 rings (SSSR count). The molecule has 4 nitrogen and oxygen atoms in total. The van der Waals surface area contributed by atoms with Crippen LogP contribution in [-0.2, 0) is 15.6 Å². The minimum Gasteiger partial charge on any atom is -0.491 e. The number of benzene rings is 3. The molecule has 34 heavy (non-hydrogen) atoms. The highest BCUT2D eigenvalue weighted by Crippen LogP contribution is 2.56. The first-order valence-corrected chi connectivity index (χ1v) is 12.4. The smallest absolute Gasteiger partial charge is 0.119 e. The highest BCUT2D eigenvalue weighted by Gasteiger charge is 2.49. The van der Waals surface area contributed by atoms with E-state index in [-0.39, 0.29) is 29.4 Å². The topological polar surface area (TPSA) is 51.2 Å². The largest absolute Gasteiger partial charge is 0.491 e. The van der Waals surface area contributed by atoms with Crippen LogP contribution in [-0.4, -0.2) is 43.0 Å². The van der Waals surface area contributed by atoms with Crippen LogP contribution in [0, 0.1) is 0 Å². The Balaban J connectivity index is 1.52. The van der Waals surface area contributed by atoms with E-state index in [4.69, 9.17) is 25.8 Å². The number of ether oxygens (including phenoxy) is 3. The van der Waals surface area contributed by atoms with Gasteiger partial charge in [-0.1, -0.05) is 62.4 Å². The van der Waals surface area contributed by atoms with Crippen molar-refractivity contribution in [2.24, 2.45) is 0 Å². The fraction of sp³-hybridized carbons (Fsp3) is 0.379. The molecule has 0 bridgehead atoms. The zero-order valence-electron chi connectivity index (χ0n) is 19.7. The maximum absolute atomic E-state index is 9.72. The number of halogens is 1. The van der Waals surface area contributed by atoms with Gasteiger partial charge in [0.05, 0.1) is 12.5 Å². The van der Waals surface area contributed by atoms with Gasteiger partial charge in [0.2, 0.25) is 0 Å². The molecular formula is C29H31ClO4. The Labute approximate surface area is 206 Å². The van der Waals surface area contributed by atoms with Gasteiger partial charge in [0.25, 0.3) is 0 Å². The lowest BCUT2D eigenvalue weighted by Crippen LogP contribution is -2.29. The fourth-order valence-electron chi connectivity index (χ4n) is 5.24. The van der Waals surface area contributed by atoms with Crippen LogP contribution in [0.4, 0.5) is 0 Å². The van der Waals surface area contributed by atoms with E-state index in [9.17, 15) is 5.11 Å². The third kappa shape index (κ3) is 4.43. The molecule has 1 fully saturated rings. The highest BCUT2D eigenvalue weighted by atomic mass is 35.5. The third-order valence-electron chi connectivity index (χ3n) is 6.98. The van der Waals surface area contributed by atoms with Crippen LogP contribution in [0.3, 0.4) is 0 Å². The molecule has 178 valence electrons. The second kappa shape index (κ2) is 9.26. The second-order valence-corrected chi connectivity index (χ2v) is 10.3. The molecule has 0 spiro atoms. The summed E-state index contributed by atoms with van der Waals surface area (Å²) >= 11 is 5.69. The lowest BCUT2D eigenvalue weighted by Gasteiger charge is -2.34. The van der Waals surface area contributed by atoms with Crippen molar-refractivity contribution >= 4 is 11.6 Å². The SMILES string of the molecule is CC1(C)CC(c2ccc(OCC(O)CCl)cc2)(c2ccc(OCC3CO3)cc2)c2ccccc21. The maximum Gasteiger partial charge on any atom is 0.119 e. The standard InChI is InChI=1S/C29H31ClO4/c1-28(2)19-29(27-6-4-3-5-26(27)28,20-7-11-23(12-8-20)32-16-22(31)15-30)21-9-13-24(14-10-21)33-17-25-18-34-25/h3-14,22,25,31H,15-19H2,1-2H3. The zero-order valence-corrected chi connectivity index (χ0v) is 20.4. The van der Waals surface area contributed by atoms with Gasteiger partial charge in [0.15, 0.2) is 0 Å². The van der Waals surface area contributed by atoms with Gasteiger partial charge in [-0.3, -0.25) is 0 Å². The number of aliphatic hydroxyl groups is 1. The minimum atomic E-state index is -0.678. The predicted octanol–water partition coefficient (Wildman–Crippen LogP) is 5.46. The van der Waals surface area contributed by atoms with Gasteiger partial charge in [-0.15, -0.1) is 11.6 Å². The van der Waals surface area contributed by atoms with Crippen LogP contribution in [0.25, 0.3) is 0 Å². The second-order valence-electron chi connectivity index (χ2n) is 9.95.